The first-order valence-corrected chi connectivity index (χ1v) is 15.6. The smallest absolute Gasteiger partial charge is 0.342 e. The molecule has 0 unspecified atom stereocenters. The minimum atomic E-state index is -1.11. The number of pyridine rings is 1. The second kappa shape index (κ2) is 12.7. The lowest BCUT2D eigenvalue weighted by molar-refractivity contribution is 0.0279. The summed E-state index contributed by atoms with van der Waals surface area (Å²) in [6.45, 7) is 9.21. The van der Waals surface area contributed by atoms with Crippen molar-refractivity contribution in [2.75, 3.05) is 20.8 Å². The number of carbonyl (C=O) groups is 1. The Balaban J connectivity index is 1.22. The Morgan fingerprint density at radius 2 is 1.82 bits per heavy atom. The molecule has 1 aliphatic carbocycles. The minimum absolute atomic E-state index is 0.0283. The number of ether oxygens (including phenoxy) is 3. The van der Waals surface area contributed by atoms with Crippen molar-refractivity contribution < 1.29 is 24.1 Å². The van der Waals surface area contributed by atoms with Crippen LogP contribution in [0.2, 0.25) is 0 Å². The highest BCUT2D eigenvalue weighted by molar-refractivity contribution is 5.90. The average molecular weight is 611 g/mol. The molecule has 1 N–H and O–H groups in total. The van der Waals surface area contributed by atoms with Crippen LogP contribution < -0.4 is 9.47 Å². The number of aromatic nitrogens is 3. The number of carboxylic acids is 1. The zero-order chi connectivity index (χ0) is 31.7. The van der Waals surface area contributed by atoms with Crippen molar-refractivity contribution in [3.63, 3.8) is 0 Å². The number of para-hydroxylation sites is 1. The topological polar surface area (TPSA) is 98.9 Å². The second-order valence-electron chi connectivity index (χ2n) is 12.9. The molecule has 0 atom stereocenters. The van der Waals surface area contributed by atoms with Gasteiger partial charge in [0.05, 0.1) is 25.1 Å². The van der Waals surface area contributed by atoms with Crippen LogP contribution in [-0.2, 0) is 23.3 Å². The van der Waals surface area contributed by atoms with Crippen molar-refractivity contribution in [2.45, 2.75) is 77.2 Å². The molecule has 0 radical (unpaired) electrons. The van der Waals surface area contributed by atoms with Gasteiger partial charge in [0.1, 0.15) is 17.9 Å². The summed E-state index contributed by atoms with van der Waals surface area (Å²) in [6, 6.07) is 19.0. The molecule has 2 aliphatic rings. The number of carboxylic acid groups (broad SMARTS) is 1. The van der Waals surface area contributed by atoms with Crippen LogP contribution in [0.3, 0.4) is 0 Å². The van der Waals surface area contributed by atoms with E-state index in [9.17, 15) is 9.90 Å². The predicted octanol–water partition coefficient (Wildman–Crippen LogP) is 6.58. The lowest BCUT2D eigenvalue weighted by Crippen LogP contribution is -2.48. The molecule has 0 spiro atoms. The molecular weight excluding hydrogens is 568 g/mol. The second-order valence-corrected chi connectivity index (χ2v) is 12.9. The molecule has 2 aromatic carbocycles. The lowest BCUT2D eigenvalue weighted by Gasteiger charge is -2.45. The maximum absolute atomic E-state index is 11.6. The molecule has 0 bridgehead atoms. The van der Waals surface area contributed by atoms with Crippen LogP contribution in [0.15, 0.2) is 60.8 Å². The van der Waals surface area contributed by atoms with Gasteiger partial charge in [-0.2, -0.15) is 9.78 Å². The SMILES string of the molecule is COc1c(C(=O)O)cnn1-c1cccc(-c2cccc(C)c2OCc2ccc3c(c2)C(C)(C)CN(C2CCC(OC)CC2)C3)n1. The Morgan fingerprint density at radius 1 is 1.04 bits per heavy atom. The summed E-state index contributed by atoms with van der Waals surface area (Å²) in [5, 5.41) is 13.7. The number of nitrogens with zero attached hydrogens (tertiary/aromatic N) is 4. The fraction of sp³-hybridized carbons (Fsp3) is 0.417. The van der Waals surface area contributed by atoms with E-state index >= 15 is 0 Å². The van der Waals surface area contributed by atoms with Crippen LogP contribution in [0.25, 0.3) is 17.1 Å². The number of rotatable bonds is 9. The van der Waals surface area contributed by atoms with E-state index < -0.39 is 5.97 Å². The molecule has 1 aliphatic heterocycles. The van der Waals surface area contributed by atoms with Gasteiger partial charge in [0, 0.05) is 37.2 Å². The van der Waals surface area contributed by atoms with Crippen LogP contribution in [0, 0.1) is 6.92 Å². The van der Waals surface area contributed by atoms with Crippen molar-refractivity contribution in [3.05, 3.63) is 88.6 Å². The van der Waals surface area contributed by atoms with Gasteiger partial charge in [-0.25, -0.2) is 9.78 Å². The van der Waals surface area contributed by atoms with Gasteiger partial charge < -0.3 is 19.3 Å². The van der Waals surface area contributed by atoms with Gasteiger partial charge in [-0.15, -0.1) is 0 Å². The van der Waals surface area contributed by atoms with Crippen LogP contribution in [0.1, 0.15) is 72.1 Å². The number of aromatic carboxylic acids is 1. The standard InChI is InChI=1S/C36H42N4O5/c1-23-8-6-9-28(31-10-7-11-32(38-31)40-34(44-5)29(19-37-40)35(41)42)33(23)45-21-24-12-13-25-20-39(22-36(2,3)30(25)18-24)26-14-16-27(43-4)17-15-26/h6-13,18-19,26-27H,14-17,20-22H2,1-5H3,(H,41,42). The molecular formula is C36H42N4O5. The fourth-order valence-corrected chi connectivity index (χ4v) is 6.99. The van der Waals surface area contributed by atoms with Crippen molar-refractivity contribution in [2.24, 2.45) is 0 Å². The van der Waals surface area contributed by atoms with E-state index in [1.807, 2.05) is 44.4 Å². The highest BCUT2D eigenvalue weighted by Gasteiger charge is 2.36. The van der Waals surface area contributed by atoms with Gasteiger partial charge >= 0.3 is 5.97 Å². The van der Waals surface area contributed by atoms with E-state index in [0.717, 1.165) is 48.4 Å². The summed E-state index contributed by atoms with van der Waals surface area (Å²) >= 11 is 0. The molecule has 9 nitrogen and oxygen atoms in total. The Kier molecular flexibility index (Phi) is 8.66. The fourth-order valence-electron chi connectivity index (χ4n) is 6.99. The third kappa shape index (κ3) is 6.19. The zero-order valence-electron chi connectivity index (χ0n) is 26.7. The highest BCUT2D eigenvalue weighted by Crippen LogP contribution is 2.38. The largest absolute Gasteiger partial charge is 0.488 e. The van der Waals surface area contributed by atoms with Crippen molar-refractivity contribution in [3.8, 4) is 28.7 Å². The average Bonchev–Trinajstić information content (AvgIpc) is 3.49. The number of hydrogen-bond acceptors (Lipinski definition) is 7. The van der Waals surface area contributed by atoms with E-state index in [4.69, 9.17) is 19.2 Å². The van der Waals surface area contributed by atoms with Gasteiger partial charge in [0.15, 0.2) is 5.82 Å². The molecule has 2 aromatic heterocycles. The van der Waals surface area contributed by atoms with Gasteiger partial charge in [-0.3, -0.25) is 4.90 Å². The van der Waals surface area contributed by atoms with Gasteiger partial charge in [0.2, 0.25) is 5.88 Å². The molecule has 236 valence electrons. The highest BCUT2D eigenvalue weighted by atomic mass is 16.5. The predicted molar refractivity (Wildman–Crippen MR) is 172 cm³/mol. The molecule has 45 heavy (non-hydrogen) atoms. The Bertz CT molecular complexity index is 1690. The summed E-state index contributed by atoms with van der Waals surface area (Å²) in [5.74, 6) is 0.207. The number of aryl methyl sites for hydroxylation is 1. The third-order valence-electron chi connectivity index (χ3n) is 9.34. The Hall–Kier alpha value is -4.21. The van der Waals surface area contributed by atoms with Crippen molar-refractivity contribution in [1.29, 1.82) is 0 Å². The molecule has 6 rings (SSSR count). The summed E-state index contributed by atoms with van der Waals surface area (Å²) in [7, 11) is 3.25. The van der Waals surface area contributed by atoms with Crippen LogP contribution >= 0.6 is 0 Å². The van der Waals surface area contributed by atoms with Crippen molar-refractivity contribution >= 4 is 5.97 Å². The molecule has 9 heteroatoms. The maximum Gasteiger partial charge on any atom is 0.342 e. The normalized spacial score (nSPS) is 19.6. The maximum atomic E-state index is 11.6. The van der Waals surface area contributed by atoms with Gasteiger partial charge in [0.25, 0.3) is 0 Å². The number of methoxy groups -OCH3 is 2. The van der Waals surface area contributed by atoms with Gasteiger partial charge in [-0.05, 0) is 73.1 Å². The number of fused-ring (bicyclic) bond motifs is 1. The lowest BCUT2D eigenvalue weighted by atomic mass is 9.76. The molecule has 0 amide bonds. The Morgan fingerprint density at radius 3 is 2.56 bits per heavy atom. The first kappa shape index (κ1) is 30.8. The molecule has 0 saturated heterocycles. The quantitative estimate of drug-likeness (QED) is 0.227. The minimum Gasteiger partial charge on any atom is -0.488 e. The van der Waals surface area contributed by atoms with Crippen LogP contribution in [0.4, 0.5) is 0 Å². The summed E-state index contributed by atoms with van der Waals surface area (Å²) in [5.41, 5.74) is 6.48. The molecule has 3 heterocycles. The van der Waals surface area contributed by atoms with Gasteiger partial charge in [-0.1, -0.05) is 50.2 Å². The number of benzene rings is 2. The van der Waals surface area contributed by atoms with E-state index in [0.29, 0.717) is 30.3 Å². The first-order valence-electron chi connectivity index (χ1n) is 15.6. The van der Waals surface area contributed by atoms with E-state index in [1.165, 1.54) is 42.0 Å². The van der Waals surface area contributed by atoms with E-state index in [-0.39, 0.29) is 16.9 Å². The van der Waals surface area contributed by atoms with Crippen molar-refractivity contribution in [1.82, 2.24) is 19.7 Å². The Labute approximate surface area is 264 Å². The van der Waals surface area contributed by atoms with E-state index in [2.05, 4.69) is 42.0 Å². The monoisotopic (exact) mass is 610 g/mol. The summed E-state index contributed by atoms with van der Waals surface area (Å²) < 4.78 is 18.9. The van der Waals surface area contributed by atoms with E-state index in [1.54, 1.807) is 6.07 Å². The molecule has 1 saturated carbocycles. The summed E-state index contributed by atoms with van der Waals surface area (Å²) in [4.78, 5) is 19.1. The van der Waals surface area contributed by atoms with Crippen LogP contribution in [-0.4, -0.2) is 63.7 Å². The molecule has 1 fully saturated rings. The molecule has 4 aromatic rings. The summed E-state index contributed by atoms with van der Waals surface area (Å²) in [6.07, 6.45) is 6.36. The first-order chi connectivity index (χ1) is 21.7. The third-order valence-corrected chi connectivity index (χ3v) is 9.34. The number of hydrogen-bond donors (Lipinski definition) is 1. The zero-order valence-corrected chi connectivity index (χ0v) is 26.7. The van der Waals surface area contributed by atoms with Crippen LogP contribution in [0.5, 0.6) is 11.6 Å².